The topological polar surface area (TPSA) is 102 Å². The largest absolute Gasteiger partial charge is 0.467 e. The number of piperidine rings is 1. The Bertz CT molecular complexity index is 818. The van der Waals surface area contributed by atoms with Gasteiger partial charge in [0, 0.05) is 45.5 Å². The molecule has 0 bridgehead atoms. The van der Waals surface area contributed by atoms with Gasteiger partial charge in [-0.3, -0.25) is 0 Å². The number of nitrogens with zero attached hydrogens (tertiary/aromatic N) is 8. The van der Waals surface area contributed by atoms with Crippen LogP contribution in [0.25, 0.3) is 0 Å². The first kappa shape index (κ1) is 20.3. The summed E-state index contributed by atoms with van der Waals surface area (Å²) in [6.07, 6.45) is 3.76. The van der Waals surface area contributed by atoms with Crippen LogP contribution in [0.3, 0.4) is 0 Å². The van der Waals surface area contributed by atoms with Gasteiger partial charge in [-0.1, -0.05) is 0 Å². The molecule has 2 aliphatic heterocycles. The van der Waals surface area contributed by atoms with Crippen LogP contribution >= 0.6 is 0 Å². The first-order valence-electron chi connectivity index (χ1n) is 10.2. The lowest BCUT2D eigenvalue weighted by molar-refractivity contribution is 0.122. The monoisotopic (exact) mass is 416 g/mol. The zero-order valence-electron chi connectivity index (χ0n) is 17.7. The molecule has 2 saturated heterocycles. The summed E-state index contributed by atoms with van der Waals surface area (Å²) in [6.45, 7) is 4.73. The molecule has 2 aliphatic rings. The van der Waals surface area contributed by atoms with E-state index in [0.29, 0.717) is 25.2 Å². The molecule has 0 N–H and O–H groups in total. The van der Waals surface area contributed by atoms with E-state index in [1.807, 2.05) is 12.3 Å². The Balaban J connectivity index is 1.40. The van der Waals surface area contributed by atoms with Crippen LogP contribution in [0.15, 0.2) is 12.3 Å². The number of ether oxygens (including phenoxy) is 3. The van der Waals surface area contributed by atoms with E-state index in [1.54, 1.807) is 0 Å². The zero-order valence-corrected chi connectivity index (χ0v) is 17.7. The van der Waals surface area contributed by atoms with Crippen LogP contribution in [0.1, 0.15) is 12.8 Å². The number of methoxy groups -OCH3 is 2. The summed E-state index contributed by atoms with van der Waals surface area (Å²) >= 11 is 0. The quantitative estimate of drug-likeness (QED) is 0.662. The third-order valence-electron chi connectivity index (χ3n) is 5.53. The highest BCUT2D eigenvalue weighted by atomic mass is 16.5. The number of hydrogen-bond acceptors (Lipinski definition) is 11. The van der Waals surface area contributed by atoms with Crippen molar-refractivity contribution >= 4 is 17.7 Å². The maximum Gasteiger partial charge on any atom is 0.324 e. The van der Waals surface area contributed by atoms with Crippen LogP contribution in [0.5, 0.6) is 12.0 Å². The molecule has 0 amide bonds. The molecular formula is C19H28N8O3. The molecule has 2 aromatic heterocycles. The van der Waals surface area contributed by atoms with E-state index in [4.69, 9.17) is 19.2 Å². The van der Waals surface area contributed by atoms with E-state index in [0.717, 1.165) is 50.8 Å². The Morgan fingerprint density at radius 2 is 1.53 bits per heavy atom. The molecule has 30 heavy (non-hydrogen) atoms. The van der Waals surface area contributed by atoms with E-state index < -0.39 is 0 Å². The van der Waals surface area contributed by atoms with E-state index in [1.165, 1.54) is 14.2 Å². The summed E-state index contributed by atoms with van der Waals surface area (Å²) in [5.74, 6) is 2.29. The van der Waals surface area contributed by atoms with Gasteiger partial charge in [-0.25, -0.2) is 4.98 Å². The number of rotatable bonds is 6. The lowest BCUT2D eigenvalue weighted by Crippen LogP contribution is -2.44. The Morgan fingerprint density at radius 3 is 2.17 bits per heavy atom. The van der Waals surface area contributed by atoms with Crippen molar-refractivity contribution in [2.45, 2.75) is 18.9 Å². The second-order valence-electron chi connectivity index (χ2n) is 7.25. The Morgan fingerprint density at radius 1 is 0.900 bits per heavy atom. The molecule has 0 aromatic carbocycles. The number of anilines is 3. The van der Waals surface area contributed by atoms with Crippen molar-refractivity contribution in [3.8, 4) is 12.0 Å². The van der Waals surface area contributed by atoms with E-state index in [-0.39, 0.29) is 12.0 Å². The Hall–Kier alpha value is -2.95. The fourth-order valence-corrected chi connectivity index (χ4v) is 3.74. The second-order valence-corrected chi connectivity index (χ2v) is 7.25. The van der Waals surface area contributed by atoms with Crippen LogP contribution in [-0.2, 0) is 4.74 Å². The van der Waals surface area contributed by atoms with Gasteiger partial charge in [0.2, 0.25) is 11.9 Å². The van der Waals surface area contributed by atoms with Crippen LogP contribution < -0.4 is 24.2 Å². The Kier molecular flexibility index (Phi) is 6.26. The molecule has 0 radical (unpaired) electrons. The summed E-state index contributed by atoms with van der Waals surface area (Å²) in [5, 5.41) is 0. The molecule has 4 heterocycles. The minimum Gasteiger partial charge on any atom is -0.467 e. The summed E-state index contributed by atoms with van der Waals surface area (Å²) in [4.78, 5) is 28.6. The molecule has 2 fully saturated rings. The molecule has 0 unspecified atom stereocenters. The maximum absolute atomic E-state index is 5.43. The van der Waals surface area contributed by atoms with Gasteiger partial charge in [0.05, 0.1) is 27.4 Å². The van der Waals surface area contributed by atoms with Gasteiger partial charge in [-0.2, -0.15) is 15.0 Å². The molecule has 0 atom stereocenters. The van der Waals surface area contributed by atoms with Gasteiger partial charge < -0.3 is 28.9 Å². The van der Waals surface area contributed by atoms with Crippen molar-refractivity contribution in [3.05, 3.63) is 12.3 Å². The third kappa shape index (κ3) is 4.45. The minimum absolute atomic E-state index is 0.257. The zero-order chi connectivity index (χ0) is 20.9. The van der Waals surface area contributed by atoms with Crippen LogP contribution in [0, 0.1) is 0 Å². The first-order chi connectivity index (χ1) is 14.7. The van der Waals surface area contributed by atoms with Gasteiger partial charge in [0.15, 0.2) is 0 Å². The highest BCUT2D eigenvalue weighted by Crippen LogP contribution is 2.25. The molecule has 0 spiro atoms. The molecule has 11 nitrogen and oxygen atoms in total. The summed E-state index contributed by atoms with van der Waals surface area (Å²) in [5.41, 5.74) is 0. The standard InChI is InChI=1S/C19H28N8O3/c1-25(15-4-7-20-16(21-15)27-10-12-30-13-11-27)14-5-8-26(9-6-14)17-22-18(28-2)24-19(23-17)29-3/h4,7,14H,5-6,8-13H2,1-3H3. The second kappa shape index (κ2) is 9.24. The van der Waals surface area contributed by atoms with Crippen molar-refractivity contribution in [1.29, 1.82) is 0 Å². The average Bonchev–Trinajstić information content (AvgIpc) is 2.84. The highest BCUT2D eigenvalue weighted by molar-refractivity contribution is 5.45. The summed E-state index contributed by atoms with van der Waals surface area (Å²) in [6, 6.07) is 2.86. The fourth-order valence-electron chi connectivity index (χ4n) is 3.74. The molecule has 0 aliphatic carbocycles. The number of morpholine rings is 1. The fraction of sp³-hybridized carbons (Fsp3) is 0.632. The summed E-state index contributed by atoms with van der Waals surface area (Å²) in [7, 11) is 5.17. The van der Waals surface area contributed by atoms with Gasteiger partial charge >= 0.3 is 12.0 Å². The lowest BCUT2D eigenvalue weighted by Gasteiger charge is -2.37. The maximum atomic E-state index is 5.43. The number of aromatic nitrogens is 5. The third-order valence-corrected chi connectivity index (χ3v) is 5.53. The van der Waals surface area contributed by atoms with Gasteiger partial charge in [-0.15, -0.1) is 4.98 Å². The van der Waals surface area contributed by atoms with E-state index in [2.05, 4.69) is 41.7 Å². The van der Waals surface area contributed by atoms with Gasteiger partial charge in [0.1, 0.15) is 5.82 Å². The van der Waals surface area contributed by atoms with E-state index in [9.17, 15) is 0 Å². The Labute approximate surface area is 176 Å². The first-order valence-corrected chi connectivity index (χ1v) is 10.2. The van der Waals surface area contributed by atoms with Crippen molar-refractivity contribution in [2.24, 2.45) is 0 Å². The van der Waals surface area contributed by atoms with Crippen molar-refractivity contribution in [3.63, 3.8) is 0 Å². The van der Waals surface area contributed by atoms with Crippen LogP contribution in [0.2, 0.25) is 0 Å². The molecule has 2 aromatic rings. The highest BCUT2D eigenvalue weighted by Gasteiger charge is 2.26. The van der Waals surface area contributed by atoms with Crippen molar-refractivity contribution < 1.29 is 14.2 Å². The molecule has 162 valence electrons. The van der Waals surface area contributed by atoms with Gasteiger partial charge in [-0.05, 0) is 18.9 Å². The predicted octanol–water partition coefficient (Wildman–Crippen LogP) is 0.621. The smallest absolute Gasteiger partial charge is 0.324 e. The van der Waals surface area contributed by atoms with E-state index >= 15 is 0 Å². The van der Waals surface area contributed by atoms with Gasteiger partial charge in [0.25, 0.3) is 0 Å². The minimum atomic E-state index is 0.257. The predicted molar refractivity (Wildman–Crippen MR) is 112 cm³/mol. The van der Waals surface area contributed by atoms with Crippen LogP contribution in [0.4, 0.5) is 17.7 Å². The molecule has 4 rings (SSSR count). The normalized spacial score (nSPS) is 17.7. The lowest BCUT2D eigenvalue weighted by atomic mass is 10.0. The molecule has 11 heteroatoms. The number of hydrogen-bond donors (Lipinski definition) is 0. The van der Waals surface area contributed by atoms with Crippen LogP contribution in [-0.4, -0.2) is 91.6 Å². The summed E-state index contributed by atoms with van der Waals surface area (Å²) < 4.78 is 15.8. The average molecular weight is 416 g/mol. The molecule has 0 saturated carbocycles. The van der Waals surface area contributed by atoms with Crippen molar-refractivity contribution in [1.82, 2.24) is 24.9 Å². The SMILES string of the molecule is COc1nc(OC)nc(N2CCC(N(C)c3ccnc(N4CCOCC4)n3)CC2)n1. The molecular weight excluding hydrogens is 388 g/mol. The van der Waals surface area contributed by atoms with Crippen molar-refractivity contribution in [2.75, 3.05) is 75.4 Å².